The molecule has 0 aliphatic carbocycles. The monoisotopic (exact) mass is 270 g/mol. The van der Waals surface area contributed by atoms with Crippen molar-refractivity contribution in [3.8, 4) is 0 Å². The van der Waals surface area contributed by atoms with Crippen molar-refractivity contribution in [1.82, 2.24) is 9.80 Å². The molecule has 1 heterocycles. The number of piperazine rings is 1. The Hall–Kier alpha value is -1.59. The van der Waals surface area contributed by atoms with Crippen molar-refractivity contribution in [3.63, 3.8) is 0 Å². The molecule has 1 fully saturated rings. The highest BCUT2D eigenvalue weighted by Crippen LogP contribution is 2.08. The maximum absolute atomic E-state index is 11.8. The summed E-state index contributed by atoms with van der Waals surface area (Å²) in [6, 6.07) is 0. The Morgan fingerprint density at radius 1 is 0.895 bits per heavy atom. The van der Waals surface area contributed by atoms with Crippen molar-refractivity contribution in [2.24, 2.45) is 0 Å². The lowest BCUT2D eigenvalue weighted by Crippen LogP contribution is -2.50. The molecule has 19 heavy (non-hydrogen) atoms. The van der Waals surface area contributed by atoms with Crippen molar-refractivity contribution in [3.05, 3.63) is 0 Å². The summed E-state index contributed by atoms with van der Waals surface area (Å²) in [5.74, 6) is -0.940. The topological polar surface area (TPSA) is 77.9 Å². The van der Waals surface area contributed by atoms with E-state index in [1.165, 1.54) is 0 Å². The number of hydrogen-bond donors (Lipinski definition) is 1. The van der Waals surface area contributed by atoms with Crippen LogP contribution in [0.4, 0.5) is 0 Å². The van der Waals surface area contributed by atoms with Crippen LogP contribution in [-0.2, 0) is 14.4 Å². The molecule has 0 aromatic heterocycles. The molecule has 0 radical (unpaired) electrons. The molecule has 1 N–H and O–H groups in total. The number of carbonyl (C=O) groups is 3. The minimum absolute atomic E-state index is 0.0408. The van der Waals surface area contributed by atoms with Gasteiger partial charge in [0.15, 0.2) is 0 Å². The molecule has 0 spiro atoms. The van der Waals surface area contributed by atoms with Gasteiger partial charge in [0.2, 0.25) is 11.8 Å². The van der Waals surface area contributed by atoms with Crippen LogP contribution in [0.1, 0.15) is 39.0 Å². The summed E-state index contributed by atoms with van der Waals surface area (Å²) in [4.78, 5) is 37.3. The Morgan fingerprint density at radius 2 is 1.37 bits per heavy atom. The number of nitrogens with zero attached hydrogens (tertiary/aromatic N) is 2. The molecule has 0 aromatic carbocycles. The average molecular weight is 270 g/mol. The van der Waals surface area contributed by atoms with Crippen molar-refractivity contribution < 1.29 is 19.5 Å². The van der Waals surface area contributed by atoms with Crippen molar-refractivity contribution >= 4 is 17.8 Å². The number of unbranched alkanes of at least 4 members (excludes halogenated alkanes) is 1. The lowest BCUT2D eigenvalue weighted by Gasteiger charge is -2.34. The summed E-state index contributed by atoms with van der Waals surface area (Å²) >= 11 is 0. The first kappa shape index (κ1) is 15.5. The Bertz CT molecular complexity index is 336. The van der Waals surface area contributed by atoms with E-state index in [0.29, 0.717) is 32.6 Å². The quantitative estimate of drug-likeness (QED) is 0.771. The van der Waals surface area contributed by atoms with E-state index in [4.69, 9.17) is 5.11 Å². The van der Waals surface area contributed by atoms with Crippen molar-refractivity contribution in [2.45, 2.75) is 39.0 Å². The lowest BCUT2D eigenvalue weighted by molar-refractivity contribution is -0.142. The highest BCUT2D eigenvalue weighted by molar-refractivity contribution is 5.81. The van der Waals surface area contributed by atoms with Gasteiger partial charge in [-0.3, -0.25) is 14.4 Å². The number of hydrogen-bond acceptors (Lipinski definition) is 3. The molecule has 0 unspecified atom stereocenters. The second kappa shape index (κ2) is 7.76. The van der Waals surface area contributed by atoms with E-state index in [0.717, 1.165) is 12.8 Å². The highest BCUT2D eigenvalue weighted by Gasteiger charge is 2.23. The zero-order chi connectivity index (χ0) is 14.3. The van der Waals surface area contributed by atoms with Crippen LogP contribution in [0.2, 0.25) is 0 Å². The predicted octanol–water partition coefficient (Wildman–Crippen LogP) is 0.712. The zero-order valence-electron chi connectivity index (χ0n) is 11.4. The minimum Gasteiger partial charge on any atom is -0.481 e. The van der Waals surface area contributed by atoms with Crippen LogP contribution in [-0.4, -0.2) is 58.9 Å². The van der Waals surface area contributed by atoms with Gasteiger partial charge in [0.25, 0.3) is 0 Å². The summed E-state index contributed by atoms with van der Waals surface area (Å²) in [5, 5.41) is 8.53. The predicted molar refractivity (Wildman–Crippen MR) is 69.6 cm³/mol. The van der Waals surface area contributed by atoms with Gasteiger partial charge in [-0.05, 0) is 6.42 Å². The van der Waals surface area contributed by atoms with Gasteiger partial charge in [0, 0.05) is 39.0 Å². The first-order valence-corrected chi connectivity index (χ1v) is 6.82. The van der Waals surface area contributed by atoms with Gasteiger partial charge in [-0.15, -0.1) is 0 Å². The third kappa shape index (κ3) is 5.28. The molecule has 0 bridgehead atoms. The van der Waals surface area contributed by atoms with Gasteiger partial charge >= 0.3 is 5.97 Å². The number of carboxylic acid groups (broad SMARTS) is 1. The maximum Gasteiger partial charge on any atom is 0.303 e. The second-order valence-electron chi connectivity index (χ2n) is 4.76. The fraction of sp³-hybridized carbons (Fsp3) is 0.769. The third-order valence-electron chi connectivity index (χ3n) is 3.28. The van der Waals surface area contributed by atoms with E-state index in [2.05, 4.69) is 0 Å². The average Bonchev–Trinajstić information content (AvgIpc) is 2.42. The standard InChI is InChI=1S/C13H22N2O4/c1-2-3-4-11(16)14-7-9-15(10-8-14)12(17)5-6-13(18)19/h2-10H2,1H3,(H,18,19). The first-order valence-electron chi connectivity index (χ1n) is 6.82. The molecular weight excluding hydrogens is 248 g/mol. The van der Waals surface area contributed by atoms with Gasteiger partial charge in [0.05, 0.1) is 6.42 Å². The number of amides is 2. The van der Waals surface area contributed by atoms with E-state index in [-0.39, 0.29) is 24.7 Å². The molecule has 1 aliphatic rings. The Labute approximate surface area is 113 Å². The molecule has 6 nitrogen and oxygen atoms in total. The molecule has 0 atom stereocenters. The summed E-state index contributed by atoms with van der Waals surface area (Å²) in [6.45, 7) is 4.18. The summed E-state index contributed by atoms with van der Waals surface area (Å²) in [6.07, 6.45) is 2.38. The largest absolute Gasteiger partial charge is 0.481 e. The van der Waals surface area contributed by atoms with Gasteiger partial charge in [-0.2, -0.15) is 0 Å². The van der Waals surface area contributed by atoms with Crippen LogP contribution in [0.5, 0.6) is 0 Å². The molecule has 108 valence electrons. The maximum atomic E-state index is 11.8. The summed E-state index contributed by atoms with van der Waals surface area (Å²) in [5.41, 5.74) is 0. The van der Waals surface area contributed by atoms with E-state index < -0.39 is 5.97 Å². The van der Waals surface area contributed by atoms with Crippen molar-refractivity contribution in [1.29, 1.82) is 0 Å². The van der Waals surface area contributed by atoms with Crippen LogP contribution in [0.25, 0.3) is 0 Å². The number of rotatable bonds is 6. The zero-order valence-corrected chi connectivity index (χ0v) is 11.4. The Kier molecular flexibility index (Phi) is 6.32. The summed E-state index contributed by atoms with van der Waals surface area (Å²) in [7, 11) is 0. The first-order chi connectivity index (χ1) is 9.04. The van der Waals surface area contributed by atoms with Gasteiger partial charge in [-0.25, -0.2) is 0 Å². The number of carbonyl (C=O) groups excluding carboxylic acids is 2. The van der Waals surface area contributed by atoms with Crippen LogP contribution >= 0.6 is 0 Å². The van der Waals surface area contributed by atoms with E-state index >= 15 is 0 Å². The molecule has 1 aliphatic heterocycles. The van der Waals surface area contributed by atoms with Gasteiger partial charge in [0.1, 0.15) is 0 Å². The molecule has 0 aromatic rings. The molecule has 1 rings (SSSR count). The Balaban J connectivity index is 2.30. The van der Waals surface area contributed by atoms with Crippen LogP contribution in [0.15, 0.2) is 0 Å². The molecular formula is C13H22N2O4. The highest BCUT2D eigenvalue weighted by atomic mass is 16.4. The summed E-state index contributed by atoms with van der Waals surface area (Å²) < 4.78 is 0. The van der Waals surface area contributed by atoms with E-state index in [1.54, 1.807) is 9.80 Å². The second-order valence-corrected chi connectivity index (χ2v) is 4.76. The third-order valence-corrected chi connectivity index (χ3v) is 3.28. The Morgan fingerprint density at radius 3 is 1.79 bits per heavy atom. The van der Waals surface area contributed by atoms with Gasteiger partial charge in [-0.1, -0.05) is 13.3 Å². The van der Waals surface area contributed by atoms with Gasteiger partial charge < -0.3 is 14.9 Å². The molecule has 1 saturated heterocycles. The normalized spacial score (nSPS) is 15.4. The SMILES string of the molecule is CCCCC(=O)N1CCN(C(=O)CCC(=O)O)CC1. The molecule has 2 amide bonds. The smallest absolute Gasteiger partial charge is 0.303 e. The van der Waals surface area contributed by atoms with Crippen LogP contribution in [0.3, 0.4) is 0 Å². The van der Waals surface area contributed by atoms with E-state index in [1.807, 2.05) is 6.92 Å². The minimum atomic E-state index is -0.957. The molecule has 6 heteroatoms. The lowest BCUT2D eigenvalue weighted by atomic mass is 10.2. The molecule has 0 saturated carbocycles. The van der Waals surface area contributed by atoms with Crippen LogP contribution in [0, 0.1) is 0 Å². The van der Waals surface area contributed by atoms with E-state index in [9.17, 15) is 14.4 Å². The fourth-order valence-electron chi connectivity index (χ4n) is 2.06. The van der Waals surface area contributed by atoms with Crippen LogP contribution < -0.4 is 0 Å². The van der Waals surface area contributed by atoms with Crippen molar-refractivity contribution in [2.75, 3.05) is 26.2 Å². The number of carboxylic acids is 1. The number of aliphatic carboxylic acids is 1. The fourth-order valence-corrected chi connectivity index (χ4v) is 2.06.